The van der Waals surface area contributed by atoms with Gasteiger partial charge in [-0.1, -0.05) is 0 Å². The zero-order chi connectivity index (χ0) is 12.0. The zero-order valence-corrected chi connectivity index (χ0v) is 9.56. The number of carbonyl (C=O) groups is 1. The number of hydrogen-bond donors (Lipinski definition) is 1. The summed E-state index contributed by atoms with van der Waals surface area (Å²) in [5.74, 6) is -1.34. The first-order chi connectivity index (χ1) is 7.44. The van der Waals surface area contributed by atoms with Gasteiger partial charge in [-0.3, -0.25) is 0 Å². The van der Waals surface area contributed by atoms with Crippen molar-refractivity contribution in [3.63, 3.8) is 0 Å². The summed E-state index contributed by atoms with van der Waals surface area (Å²) >= 11 is 0. The second-order valence-corrected chi connectivity index (χ2v) is 4.52. The molecule has 3 atom stereocenters. The monoisotopic (exact) mass is 232 g/mol. The Morgan fingerprint density at radius 1 is 1.56 bits per heavy atom. The summed E-state index contributed by atoms with van der Waals surface area (Å²) in [6, 6.07) is 0. The number of carbonyl (C=O) groups excluding carboxylic acids is 1. The molecule has 2 rings (SSSR count). The molecule has 16 heavy (non-hydrogen) atoms. The van der Waals surface area contributed by atoms with Crippen LogP contribution in [0.25, 0.3) is 0 Å². The first-order valence-electron chi connectivity index (χ1n) is 5.12. The highest BCUT2D eigenvalue weighted by atomic mass is 16.8. The molecule has 0 aromatic heterocycles. The molecule has 2 aliphatic heterocycles. The molecule has 0 aliphatic carbocycles. The van der Waals surface area contributed by atoms with Crippen LogP contribution in [0, 0.1) is 0 Å². The minimum Gasteiger partial charge on any atom is -0.467 e. The van der Waals surface area contributed by atoms with Crippen molar-refractivity contribution < 1.29 is 28.8 Å². The molecule has 0 spiro atoms. The lowest BCUT2D eigenvalue weighted by Gasteiger charge is -2.24. The predicted molar refractivity (Wildman–Crippen MR) is 51.6 cm³/mol. The predicted octanol–water partition coefficient (Wildman–Crippen LogP) is -0.559. The van der Waals surface area contributed by atoms with Crippen molar-refractivity contribution in [3.05, 3.63) is 0 Å². The lowest BCUT2D eigenvalue weighted by molar-refractivity contribution is -0.199. The lowest BCUT2D eigenvalue weighted by Crippen LogP contribution is -2.46. The minimum absolute atomic E-state index is 0.122. The van der Waals surface area contributed by atoms with Gasteiger partial charge in [-0.25, -0.2) is 4.79 Å². The third-order valence-electron chi connectivity index (χ3n) is 2.86. The Kier molecular flexibility index (Phi) is 2.70. The fourth-order valence-electron chi connectivity index (χ4n) is 2.23. The van der Waals surface area contributed by atoms with Crippen molar-refractivity contribution in [3.8, 4) is 0 Å². The van der Waals surface area contributed by atoms with Crippen molar-refractivity contribution >= 4 is 5.97 Å². The van der Waals surface area contributed by atoms with E-state index in [4.69, 9.17) is 14.2 Å². The second-order valence-electron chi connectivity index (χ2n) is 4.52. The number of aliphatic hydroxyl groups excluding tert-OH is 1. The van der Waals surface area contributed by atoms with Gasteiger partial charge in [0.15, 0.2) is 11.9 Å². The smallest absolute Gasteiger partial charge is 0.337 e. The molecule has 0 radical (unpaired) electrons. The van der Waals surface area contributed by atoms with Gasteiger partial charge in [0, 0.05) is 0 Å². The van der Waals surface area contributed by atoms with E-state index in [0.29, 0.717) is 0 Å². The second kappa shape index (κ2) is 3.66. The van der Waals surface area contributed by atoms with E-state index in [0.717, 1.165) is 0 Å². The molecular formula is C10H16O6. The molecule has 2 aliphatic rings. The summed E-state index contributed by atoms with van der Waals surface area (Å²) in [5.41, 5.74) is -0.956. The Bertz CT molecular complexity index is 302. The fourth-order valence-corrected chi connectivity index (χ4v) is 2.23. The molecule has 0 unspecified atom stereocenters. The molecule has 92 valence electrons. The highest BCUT2D eigenvalue weighted by Gasteiger charge is 2.62. The van der Waals surface area contributed by atoms with Gasteiger partial charge < -0.3 is 24.1 Å². The van der Waals surface area contributed by atoms with Crippen LogP contribution in [0.15, 0.2) is 0 Å². The van der Waals surface area contributed by atoms with Crippen molar-refractivity contribution in [2.75, 3.05) is 20.3 Å². The third kappa shape index (κ3) is 1.62. The number of rotatable bonds is 2. The molecule has 2 saturated heterocycles. The molecule has 0 bridgehead atoms. The molecule has 0 aromatic carbocycles. The first kappa shape index (κ1) is 11.8. The largest absolute Gasteiger partial charge is 0.467 e. The van der Waals surface area contributed by atoms with Crippen LogP contribution in [0.5, 0.6) is 0 Å². The Labute approximate surface area is 93.4 Å². The summed E-state index contributed by atoms with van der Waals surface area (Å²) in [4.78, 5) is 11.5. The Hall–Kier alpha value is -0.690. The van der Waals surface area contributed by atoms with E-state index in [2.05, 4.69) is 4.74 Å². The van der Waals surface area contributed by atoms with Gasteiger partial charge in [0.2, 0.25) is 0 Å². The lowest BCUT2D eigenvalue weighted by atomic mass is 9.98. The van der Waals surface area contributed by atoms with Crippen LogP contribution < -0.4 is 0 Å². The fraction of sp³-hybridized carbons (Fsp3) is 0.900. The van der Waals surface area contributed by atoms with Crippen molar-refractivity contribution in [1.29, 1.82) is 0 Å². The van der Waals surface area contributed by atoms with E-state index < -0.39 is 29.6 Å². The van der Waals surface area contributed by atoms with E-state index in [-0.39, 0.29) is 13.2 Å². The van der Waals surface area contributed by atoms with Crippen molar-refractivity contribution in [1.82, 2.24) is 0 Å². The number of ether oxygens (including phenoxy) is 4. The van der Waals surface area contributed by atoms with E-state index in [1.807, 2.05) is 0 Å². The molecule has 6 heteroatoms. The molecule has 1 N–H and O–H groups in total. The number of esters is 1. The van der Waals surface area contributed by atoms with Crippen molar-refractivity contribution in [2.24, 2.45) is 0 Å². The van der Waals surface area contributed by atoms with Gasteiger partial charge in [-0.2, -0.15) is 0 Å². The average molecular weight is 232 g/mol. The normalized spacial score (nSPS) is 40.8. The summed E-state index contributed by atoms with van der Waals surface area (Å²) in [5, 5.41) is 9.39. The van der Waals surface area contributed by atoms with Crippen LogP contribution >= 0.6 is 0 Å². The minimum atomic E-state index is -0.956. The van der Waals surface area contributed by atoms with Gasteiger partial charge in [0.05, 0.1) is 20.3 Å². The SMILES string of the molecule is COC(=O)[C@@H]1OC[C@@]2(CO)OC(C)(C)O[C@@H]12. The third-order valence-corrected chi connectivity index (χ3v) is 2.86. The molecule has 6 nitrogen and oxygen atoms in total. The summed E-state index contributed by atoms with van der Waals surface area (Å²) in [6.07, 6.45) is -1.46. The van der Waals surface area contributed by atoms with E-state index in [1.54, 1.807) is 13.8 Å². The average Bonchev–Trinajstić information content (AvgIpc) is 2.68. The van der Waals surface area contributed by atoms with E-state index in [9.17, 15) is 9.90 Å². The number of hydrogen-bond acceptors (Lipinski definition) is 6. The number of fused-ring (bicyclic) bond motifs is 1. The van der Waals surface area contributed by atoms with Crippen LogP contribution in [0.2, 0.25) is 0 Å². The Morgan fingerprint density at radius 2 is 2.25 bits per heavy atom. The molecule has 0 amide bonds. The quantitative estimate of drug-likeness (QED) is 0.643. The Morgan fingerprint density at radius 3 is 2.81 bits per heavy atom. The summed E-state index contributed by atoms with van der Waals surface area (Å²) in [6.45, 7) is 3.33. The molecule has 2 heterocycles. The van der Waals surface area contributed by atoms with Gasteiger partial charge >= 0.3 is 5.97 Å². The van der Waals surface area contributed by atoms with Crippen LogP contribution in [0.3, 0.4) is 0 Å². The molecular weight excluding hydrogens is 216 g/mol. The highest BCUT2D eigenvalue weighted by Crippen LogP contribution is 2.43. The van der Waals surface area contributed by atoms with Gasteiger partial charge in [0.1, 0.15) is 11.7 Å². The molecule has 0 saturated carbocycles. The van der Waals surface area contributed by atoms with Crippen LogP contribution in [0.1, 0.15) is 13.8 Å². The molecule has 2 fully saturated rings. The van der Waals surface area contributed by atoms with Gasteiger partial charge in [0.25, 0.3) is 0 Å². The maximum atomic E-state index is 11.5. The summed E-state index contributed by atoms with van der Waals surface area (Å²) in [7, 11) is 1.28. The Balaban J connectivity index is 2.23. The maximum Gasteiger partial charge on any atom is 0.337 e. The zero-order valence-electron chi connectivity index (χ0n) is 9.56. The highest BCUT2D eigenvalue weighted by molar-refractivity contribution is 5.76. The topological polar surface area (TPSA) is 74.2 Å². The number of methoxy groups -OCH3 is 1. The van der Waals surface area contributed by atoms with E-state index >= 15 is 0 Å². The maximum absolute atomic E-state index is 11.5. The summed E-state index contributed by atoms with van der Waals surface area (Å²) < 4.78 is 21.1. The number of aliphatic hydroxyl groups is 1. The van der Waals surface area contributed by atoms with Crippen LogP contribution in [-0.2, 0) is 23.7 Å². The first-order valence-corrected chi connectivity index (χ1v) is 5.12. The van der Waals surface area contributed by atoms with Crippen molar-refractivity contribution in [2.45, 2.75) is 37.4 Å². The van der Waals surface area contributed by atoms with Gasteiger partial charge in [-0.15, -0.1) is 0 Å². The standard InChI is InChI=1S/C10H16O6/c1-9(2)15-7-6(8(12)13-3)14-5-10(7,4-11)16-9/h6-7,11H,4-5H2,1-3H3/t6-,7+,10-/m1/s1. The molecule has 0 aromatic rings. The van der Waals surface area contributed by atoms with E-state index in [1.165, 1.54) is 7.11 Å². The van der Waals surface area contributed by atoms with Crippen LogP contribution in [0.4, 0.5) is 0 Å². The van der Waals surface area contributed by atoms with Crippen LogP contribution in [-0.4, -0.2) is 55.0 Å². The van der Waals surface area contributed by atoms with Gasteiger partial charge in [-0.05, 0) is 13.8 Å².